The summed E-state index contributed by atoms with van der Waals surface area (Å²) >= 11 is 5.88. The van der Waals surface area contributed by atoms with Crippen LogP contribution in [0, 0.1) is 6.92 Å². The molecule has 0 aliphatic rings. The predicted octanol–water partition coefficient (Wildman–Crippen LogP) is 3.45. The minimum atomic E-state index is -0.900. The molecule has 1 N–H and O–H groups in total. The van der Waals surface area contributed by atoms with Crippen LogP contribution in [-0.4, -0.2) is 17.7 Å². The Kier molecular flexibility index (Phi) is 5.04. The summed E-state index contributed by atoms with van der Waals surface area (Å²) in [6, 6.07) is 5.34. The Bertz CT molecular complexity index is 438. The molecule has 0 heterocycles. The fourth-order valence-corrected chi connectivity index (χ4v) is 1.45. The van der Waals surface area contributed by atoms with Crippen molar-refractivity contribution in [3.8, 4) is 5.75 Å². The first-order valence-electron chi connectivity index (χ1n) is 5.36. The Morgan fingerprint density at radius 3 is 2.76 bits per heavy atom. The van der Waals surface area contributed by atoms with Gasteiger partial charge in [0.25, 0.3) is 0 Å². The van der Waals surface area contributed by atoms with Gasteiger partial charge in [-0.2, -0.15) is 0 Å². The third-order valence-electron chi connectivity index (χ3n) is 2.36. The van der Waals surface area contributed by atoms with Crippen LogP contribution in [0.2, 0.25) is 5.02 Å². The van der Waals surface area contributed by atoms with E-state index in [1.54, 1.807) is 25.1 Å². The van der Waals surface area contributed by atoms with Crippen molar-refractivity contribution in [3.63, 3.8) is 0 Å². The number of halogens is 1. The third kappa shape index (κ3) is 4.11. The second-order valence-electron chi connectivity index (χ2n) is 3.61. The van der Waals surface area contributed by atoms with E-state index in [0.29, 0.717) is 22.8 Å². The van der Waals surface area contributed by atoms with E-state index in [4.69, 9.17) is 21.4 Å². The predicted molar refractivity (Wildman–Crippen MR) is 67.7 cm³/mol. The SMILES string of the molecule is CCC(=CCOc1ccc(Cl)c(C)c1)C(=O)O. The van der Waals surface area contributed by atoms with Crippen molar-refractivity contribution in [2.45, 2.75) is 20.3 Å². The maximum absolute atomic E-state index is 10.7. The minimum Gasteiger partial charge on any atom is -0.490 e. The fraction of sp³-hybridized carbons (Fsp3) is 0.308. The molecule has 0 atom stereocenters. The van der Waals surface area contributed by atoms with Gasteiger partial charge in [0.2, 0.25) is 0 Å². The number of hydrogen-bond donors (Lipinski definition) is 1. The van der Waals surface area contributed by atoms with E-state index in [0.717, 1.165) is 5.56 Å². The summed E-state index contributed by atoms with van der Waals surface area (Å²) in [6.07, 6.45) is 2.06. The first kappa shape index (κ1) is 13.6. The van der Waals surface area contributed by atoms with E-state index in [-0.39, 0.29) is 6.61 Å². The third-order valence-corrected chi connectivity index (χ3v) is 2.79. The van der Waals surface area contributed by atoms with Crippen LogP contribution in [0.1, 0.15) is 18.9 Å². The van der Waals surface area contributed by atoms with Gasteiger partial charge in [0.15, 0.2) is 0 Å². The standard InChI is InChI=1S/C13H15ClO3/c1-3-10(13(15)16)6-7-17-11-4-5-12(14)9(2)8-11/h4-6,8H,3,7H2,1-2H3,(H,15,16). The number of aliphatic carboxylic acids is 1. The molecule has 0 saturated heterocycles. The fourth-order valence-electron chi connectivity index (χ4n) is 1.33. The average Bonchev–Trinajstić information content (AvgIpc) is 2.28. The minimum absolute atomic E-state index is 0.247. The van der Waals surface area contributed by atoms with Gasteiger partial charge >= 0.3 is 5.97 Å². The normalized spacial score (nSPS) is 11.4. The number of carboxylic acid groups (broad SMARTS) is 1. The second kappa shape index (κ2) is 6.30. The van der Waals surface area contributed by atoms with E-state index in [1.807, 2.05) is 13.0 Å². The van der Waals surface area contributed by atoms with Crippen molar-refractivity contribution < 1.29 is 14.6 Å². The zero-order chi connectivity index (χ0) is 12.8. The average molecular weight is 255 g/mol. The Morgan fingerprint density at radius 1 is 1.53 bits per heavy atom. The molecule has 0 fully saturated rings. The maximum Gasteiger partial charge on any atom is 0.331 e. The number of ether oxygens (including phenoxy) is 1. The highest BCUT2D eigenvalue weighted by Gasteiger charge is 2.03. The number of carbonyl (C=O) groups is 1. The molecule has 3 nitrogen and oxygen atoms in total. The zero-order valence-corrected chi connectivity index (χ0v) is 10.6. The molecule has 0 aliphatic carbocycles. The highest BCUT2D eigenvalue weighted by atomic mass is 35.5. The van der Waals surface area contributed by atoms with Gasteiger partial charge in [-0.05, 0) is 43.2 Å². The smallest absolute Gasteiger partial charge is 0.331 e. The van der Waals surface area contributed by atoms with Crippen LogP contribution in [0.4, 0.5) is 0 Å². The van der Waals surface area contributed by atoms with Crippen molar-refractivity contribution in [1.82, 2.24) is 0 Å². The lowest BCUT2D eigenvalue weighted by atomic mass is 10.2. The molecule has 0 spiro atoms. The lowest BCUT2D eigenvalue weighted by Gasteiger charge is -2.06. The highest BCUT2D eigenvalue weighted by molar-refractivity contribution is 6.31. The topological polar surface area (TPSA) is 46.5 Å². The molecular formula is C13H15ClO3. The molecule has 92 valence electrons. The van der Waals surface area contributed by atoms with Gasteiger partial charge in [-0.3, -0.25) is 0 Å². The van der Waals surface area contributed by atoms with Crippen LogP contribution in [0.5, 0.6) is 5.75 Å². The molecular weight excluding hydrogens is 240 g/mol. The molecule has 0 saturated carbocycles. The van der Waals surface area contributed by atoms with Crippen LogP contribution in [-0.2, 0) is 4.79 Å². The van der Waals surface area contributed by atoms with Gasteiger partial charge in [-0.15, -0.1) is 0 Å². The van der Waals surface area contributed by atoms with Crippen LogP contribution in [0.15, 0.2) is 29.8 Å². The molecule has 4 heteroatoms. The molecule has 1 rings (SSSR count). The van der Waals surface area contributed by atoms with Crippen molar-refractivity contribution in [3.05, 3.63) is 40.4 Å². The number of carboxylic acids is 1. The molecule has 0 amide bonds. The van der Waals surface area contributed by atoms with E-state index in [9.17, 15) is 4.79 Å². The molecule has 0 bridgehead atoms. The van der Waals surface area contributed by atoms with Gasteiger partial charge < -0.3 is 9.84 Å². The molecule has 1 aromatic rings. The van der Waals surface area contributed by atoms with Crippen molar-refractivity contribution in [1.29, 1.82) is 0 Å². The lowest BCUT2D eigenvalue weighted by Crippen LogP contribution is -2.03. The summed E-state index contributed by atoms with van der Waals surface area (Å²) in [5.41, 5.74) is 1.29. The maximum atomic E-state index is 10.7. The second-order valence-corrected chi connectivity index (χ2v) is 4.02. The van der Waals surface area contributed by atoms with E-state index < -0.39 is 5.97 Å². The number of hydrogen-bond acceptors (Lipinski definition) is 2. The molecule has 1 aromatic carbocycles. The largest absolute Gasteiger partial charge is 0.490 e. The zero-order valence-electron chi connectivity index (χ0n) is 9.87. The summed E-state index contributed by atoms with van der Waals surface area (Å²) in [7, 11) is 0. The summed E-state index contributed by atoms with van der Waals surface area (Å²) in [5, 5.41) is 9.50. The van der Waals surface area contributed by atoms with Gasteiger partial charge in [-0.25, -0.2) is 4.79 Å². The first-order chi connectivity index (χ1) is 8.04. The molecule has 0 radical (unpaired) electrons. The summed E-state index contributed by atoms with van der Waals surface area (Å²) in [6.45, 7) is 3.93. The Morgan fingerprint density at radius 2 is 2.24 bits per heavy atom. The van der Waals surface area contributed by atoms with Crippen molar-refractivity contribution in [2.24, 2.45) is 0 Å². The summed E-state index contributed by atoms with van der Waals surface area (Å²) < 4.78 is 5.43. The van der Waals surface area contributed by atoms with Gasteiger partial charge in [0.05, 0.1) is 0 Å². The highest BCUT2D eigenvalue weighted by Crippen LogP contribution is 2.21. The first-order valence-corrected chi connectivity index (χ1v) is 5.73. The van der Waals surface area contributed by atoms with Crippen LogP contribution in [0.3, 0.4) is 0 Å². The monoisotopic (exact) mass is 254 g/mol. The van der Waals surface area contributed by atoms with Crippen LogP contribution in [0.25, 0.3) is 0 Å². The number of aryl methyl sites for hydroxylation is 1. The van der Waals surface area contributed by atoms with Crippen LogP contribution >= 0.6 is 11.6 Å². The number of rotatable bonds is 5. The van der Waals surface area contributed by atoms with Gasteiger partial charge in [-0.1, -0.05) is 18.5 Å². The number of benzene rings is 1. The summed E-state index contributed by atoms with van der Waals surface area (Å²) in [5.74, 6) is -0.215. The van der Waals surface area contributed by atoms with Gasteiger partial charge in [0.1, 0.15) is 12.4 Å². The Labute approximate surface area is 106 Å². The molecule has 0 aromatic heterocycles. The quantitative estimate of drug-likeness (QED) is 0.819. The molecule has 0 unspecified atom stereocenters. The van der Waals surface area contributed by atoms with E-state index in [1.165, 1.54) is 0 Å². The van der Waals surface area contributed by atoms with E-state index >= 15 is 0 Å². The van der Waals surface area contributed by atoms with Crippen molar-refractivity contribution >= 4 is 17.6 Å². The molecule has 17 heavy (non-hydrogen) atoms. The van der Waals surface area contributed by atoms with E-state index in [2.05, 4.69) is 0 Å². The lowest BCUT2D eigenvalue weighted by molar-refractivity contribution is -0.132. The summed E-state index contributed by atoms with van der Waals surface area (Å²) in [4.78, 5) is 10.7. The molecule has 0 aliphatic heterocycles. The van der Waals surface area contributed by atoms with Crippen molar-refractivity contribution in [2.75, 3.05) is 6.61 Å². The van der Waals surface area contributed by atoms with Crippen LogP contribution < -0.4 is 4.74 Å². The van der Waals surface area contributed by atoms with Gasteiger partial charge in [0, 0.05) is 10.6 Å². The Balaban J connectivity index is 2.61. The Hall–Kier alpha value is -1.48.